The van der Waals surface area contributed by atoms with Crippen molar-refractivity contribution in [3.63, 3.8) is 0 Å². The third-order valence-electron chi connectivity index (χ3n) is 6.40. The number of anilines is 1. The summed E-state index contributed by atoms with van der Waals surface area (Å²) in [6.07, 6.45) is 5.25. The predicted molar refractivity (Wildman–Crippen MR) is 136 cm³/mol. The van der Waals surface area contributed by atoms with Crippen LogP contribution in [0.25, 0.3) is 0 Å². The smallest absolute Gasteiger partial charge is 0.410 e. The number of hydrogen-bond donors (Lipinski definition) is 2. The van der Waals surface area contributed by atoms with Crippen molar-refractivity contribution in [2.45, 2.75) is 31.6 Å². The zero-order valence-electron chi connectivity index (χ0n) is 21.1. The average Bonchev–Trinajstić information content (AvgIpc) is 3.62. The molecular weight excluding hydrogens is 460 g/mol. The van der Waals surface area contributed by atoms with Crippen LogP contribution in [0.1, 0.15) is 42.9 Å². The van der Waals surface area contributed by atoms with Crippen molar-refractivity contribution in [2.24, 2.45) is 0 Å². The van der Waals surface area contributed by atoms with Gasteiger partial charge in [-0.3, -0.25) is 14.7 Å². The van der Waals surface area contributed by atoms with E-state index in [4.69, 9.17) is 4.74 Å². The molecule has 3 amide bonds. The van der Waals surface area contributed by atoms with Gasteiger partial charge in [-0.1, -0.05) is 18.2 Å². The van der Waals surface area contributed by atoms with E-state index in [0.29, 0.717) is 50.2 Å². The highest BCUT2D eigenvalue weighted by Gasteiger charge is 2.27. The first-order valence-corrected chi connectivity index (χ1v) is 12.3. The summed E-state index contributed by atoms with van der Waals surface area (Å²) in [5.41, 5.74) is 1.79. The summed E-state index contributed by atoms with van der Waals surface area (Å²) in [6.45, 7) is 4.20. The Hall–Kier alpha value is -3.66. The molecule has 2 aromatic rings. The molecule has 1 aromatic heterocycles. The number of carbonyl (C=O) groups is 3. The third-order valence-corrected chi connectivity index (χ3v) is 6.40. The lowest BCUT2D eigenvalue weighted by Gasteiger charge is -2.33. The van der Waals surface area contributed by atoms with Gasteiger partial charge in [-0.25, -0.2) is 4.79 Å². The van der Waals surface area contributed by atoms with Gasteiger partial charge in [0.25, 0.3) is 0 Å². The lowest BCUT2D eigenvalue weighted by atomic mass is 10.00. The van der Waals surface area contributed by atoms with Crippen molar-refractivity contribution in [3.8, 4) is 5.75 Å². The molecule has 0 spiro atoms. The maximum absolute atomic E-state index is 12.8. The number of aromatic nitrogens is 2. The standard InChI is InChI=1S/C26H34N6O4/c1-18(25(34)27-23-17-22(28-29-23)19-9-10-19)20-6-4-7-21(16-20)36-26(35)32-14-12-31(13-15-32)24(33)8-5-11-30(2)3/h4-8,16-19H,9-15H2,1-3H3,(H2,27,28,29,34). The molecule has 1 aromatic carbocycles. The van der Waals surface area contributed by atoms with Gasteiger partial charge in [0, 0.05) is 56.5 Å². The van der Waals surface area contributed by atoms with Gasteiger partial charge in [0.05, 0.1) is 5.92 Å². The molecule has 0 radical (unpaired) electrons. The van der Waals surface area contributed by atoms with E-state index < -0.39 is 12.0 Å². The van der Waals surface area contributed by atoms with Gasteiger partial charge in [-0.15, -0.1) is 0 Å². The summed E-state index contributed by atoms with van der Waals surface area (Å²) in [5, 5.41) is 10.0. The Kier molecular flexibility index (Phi) is 8.04. The molecule has 2 aliphatic rings. The molecule has 192 valence electrons. The number of likely N-dealkylation sites (N-methyl/N-ethyl adjacent to an activating group) is 1. The van der Waals surface area contributed by atoms with Gasteiger partial charge in [0.2, 0.25) is 11.8 Å². The van der Waals surface area contributed by atoms with Gasteiger partial charge >= 0.3 is 6.09 Å². The highest BCUT2D eigenvalue weighted by atomic mass is 16.6. The molecule has 1 aliphatic heterocycles. The number of amides is 3. The fourth-order valence-corrected chi connectivity index (χ4v) is 3.98. The zero-order chi connectivity index (χ0) is 25.7. The van der Waals surface area contributed by atoms with Crippen LogP contribution in [0.5, 0.6) is 5.75 Å². The number of benzene rings is 1. The fraction of sp³-hybridized carbons (Fsp3) is 0.462. The van der Waals surface area contributed by atoms with E-state index >= 15 is 0 Å². The SMILES string of the molecule is CC(C(=O)Nc1cc(C2CC2)[nH]n1)c1cccc(OC(=O)N2CCN(C(=O)C=CCN(C)C)CC2)c1. The van der Waals surface area contributed by atoms with Gasteiger partial charge in [0.1, 0.15) is 5.75 Å². The Labute approximate surface area is 211 Å². The maximum atomic E-state index is 12.8. The van der Waals surface area contributed by atoms with E-state index in [1.54, 1.807) is 41.0 Å². The van der Waals surface area contributed by atoms with Crippen molar-refractivity contribution < 1.29 is 19.1 Å². The Morgan fingerprint density at radius 1 is 1.17 bits per heavy atom. The van der Waals surface area contributed by atoms with Crippen molar-refractivity contribution in [3.05, 3.63) is 53.7 Å². The van der Waals surface area contributed by atoms with Gasteiger partial charge in [-0.05, 0) is 51.6 Å². The second-order valence-corrected chi connectivity index (χ2v) is 9.61. The molecule has 1 unspecified atom stereocenters. The van der Waals surface area contributed by atoms with Crippen LogP contribution in [0.4, 0.5) is 10.6 Å². The van der Waals surface area contributed by atoms with Crippen LogP contribution in [-0.4, -0.2) is 89.6 Å². The van der Waals surface area contributed by atoms with Crippen LogP contribution in [0.15, 0.2) is 42.5 Å². The second kappa shape index (κ2) is 11.4. The number of aromatic amines is 1. The first-order chi connectivity index (χ1) is 17.3. The minimum absolute atomic E-state index is 0.0524. The molecule has 1 aliphatic carbocycles. The Morgan fingerprint density at radius 3 is 2.58 bits per heavy atom. The molecule has 10 heteroatoms. The number of nitrogens with one attached hydrogen (secondary N) is 2. The Morgan fingerprint density at radius 2 is 1.89 bits per heavy atom. The molecule has 4 rings (SSSR count). The topological polar surface area (TPSA) is 111 Å². The largest absolute Gasteiger partial charge is 0.415 e. The van der Waals surface area contributed by atoms with E-state index in [1.165, 1.54) is 0 Å². The van der Waals surface area contributed by atoms with Crippen LogP contribution in [-0.2, 0) is 9.59 Å². The molecule has 2 heterocycles. The molecule has 2 fully saturated rings. The molecule has 1 saturated heterocycles. The highest BCUT2D eigenvalue weighted by molar-refractivity contribution is 5.95. The first-order valence-electron chi connectivity index (χ1n) is 12.3. The van der Waals surface area contributed by atoms with Gasteiger partial charge in [-0.2, -0.15) is 5.10 Å². The van der Waals surface area contributed by atoms with Crippen molar-refractivity contribution in [1.29, 1.82) is 0 Å². The molecular formula is C26H34N6O4. The second-order valence-electron chi connectivity index (χ2n) is 9.61. The summed E-state index contributed by atoms with van der Waals surface area (Å²) in [7, 11) is 3.88. The lowest BCUT2D eigenvalue weighted by molar-refractivity contribution is -0.127. The Balaban J connectivity index is 1.27. The van der Waals surface area contributed by atoms with E-state index in [2.05, 4.69) is 15.5 Å². The van der Waals surface area contributed by atoms with Crippen LogP contribution in [0, 0.1) is 0 Å². The summed E-state index contributed by atoms with van der Waals surface area (Å²) < 4.78 is 5.58. The molecule has 10 nitrogen and oxygen atoms in total. The minimum Gasteiger partial charge on any atom is -0.410 e. The van der Waals surface area contributed by atoms with Crippen molar-refractivity contribution in [2.75, 3.05) is 52.1 Å². The molecule has 36 heavy (non-hydrogen) atoms. The number of ether oxygens (including phenoxy) is 1. The molecule has 1 atom stereocenters. The van der Waals surface area contributed by atoms with Crippen molar-refractivity contribution in [1.82, 2.24) is 24.9 Å². The molecule has 2 N–H and O–H groups in total. The van der Waals surface area contributed by atoms with Gasteiger partial charge < -0.3 is 24.8 Å². The summed E-state index contributed by atoms with van der Waals surface area (Å²) in [6, 6.07) is 8.87. The number of H-pyrrole nitrogens is 1. The monoisotopic (exact) mass is 494 g/mol. The number of rotatable bonds is 8. The fourth-order valence-electron chi connectivity index (χ4n) is 3.98. The number of hydrogen-bond acceptors (Lipinski definition) is 6. The number of nitrogens with zero attached hydrogens (tertiary/aromatic N) is 4. The van der Waals surface area contributed by atoms with Crippen LogP contribution >= 0.6 is 0 Å². The van der Waals surface area contributed by atoms with E-state index in [1.807, 2.05) is 37.2 Å². The highest BCUT2D eigenvalue weighted by Crippen LogP contribution is 2.39. The number of piperazine rings is 1. The lowest BCUT2D eigenvalue weighted by Crippen LogP contribution is -2.51. The first kappa shape index (κ1) is 25.4. The van der Waals surface area contributed by atoms with E-state index in [-0.39, 0.29) is 11.8 Å². The summed E-state index contributed by atoms with van der Waals surface area (Å²) >= 11 is 0. The zero-order valence-corrected chi connectivity index (χ0v) is 21.1. The maximum Gasteiger partial charge on any atom is 0.415 e. The third kappa shape index (κ3) is 6.72. The van der Waals surface area contributed by atoms with Crippen LogP contribution in [0.3, 0.4) is 0 Å². The quantitative estimate of drug-likeness (QED) is 0.546. The summed E-state index contributed by atoms with van der Waals surface area (Å²) in [5.74, 6) is 0.719. The Bertz CT molecular complexity index is 1120. The molecule has 0 bridgehead atoms. The van der Waals surface area contributed by atoms with E-state index in [9.17, 15) is 14.4 Å². The normalized spacial score (nSPS) is 16.9. The van der Waals surface area contributed by atoms with E-state index in [0.717, 1.165) is 24.1 Å². The van der Waals surface area contributed by atoms with Gasteiger partial charge in [0.15, 0.2) is 5.82 Å². The minimum atomic E-state index is -0.469. The summed E-state index contributed by atoms with van der Waals surface area (Å²) in [4.78, 5) is 43.0. The van der Waals surface area contributed by atoms with Crippen molar-refractivity contribution >= 4 is 23.7 Å². The number of carbonyl (C=O) groups excluding carboxylic acids is 3. The van der Waals surface area contributed by atoms with Crippen LogP contribution < -0.4 is 10.1 Å². The predicted octanol–water partition coefficient (Wildman–Crippen LogP) is 2.79. The average molecular weight is 495 g/mol. The van der Waals surface area contributed by atoms with Crippen LogP contribution in [0.2, 0.25) is 0 Å². The molecule has 1 saturated carbocycles.